The minimum absolute atomic E-state index is 0.0826. The predicted octanol–water partition coefficient (Wildman–Crippen LogP) is 4.33. The molecule has 184 valence electrons. The van der Waals surface area contributed by atoms with E-state index in [0.717, 1.165) is 53.5 Å². The van der Waals surface area contributed by atoms with Gasteiger partial charge in [0, 0.05) is 35.2 Å². The van der Waals surface area contributed by atoms with Crippen LogP contribution in [0.5, 0.6) is 0 Å². The van der Waals surface area contributed by atoms with Gasteiger partial charge in [-0.25, -0.2) is 9.97 Å². The number of ether oxygens (including phenoxy) is 1. The van der Waals surface area contributed by atoms with Crippen LogP contribution < -0.4 is 5.32 Å². The van der Waals surface area contributed by atoms with E-state index in [2.05, 4.69) is 44.5 Å². The van der Waals surface area contributed by atoms with Crippen LogP contribution in [-0.2, 0) is 10.2 Å². The molecule has 0 spiro atoms. The van der Waals surface area contributed by atoms with E-state index in [-0.39, 0.29) is 16.9 Å². The number of hydrogen-bond donors (Lipinski definition) is 1. The highest BCUT2D eigenvalue weighted by atomic mass is 16.5. The summed E-state index contributed by atoms with van der Waals surface area (Å²) in [7, 11) is 1.66. The van der Waals surface area contributed by atoms with Crippen LogP contribution in [0.25, 0.3) is 27.9 Å². The van der Waals surface area contributed by atoms with Crippen LogP contribution in [-0.4, -0.2) is 49.7 Å². The Morgan fingerprint density at radius 3 is 2.57 bits per heavy atom. The van der Waals surface area contributed by atoms with E-state index in [1.807, 2.05) is 47.2 Å². The minimum atomic E-state index is -0.209. The lowest BCUT2D eigenvalue weighted by Gasteiger charge is -2.16. The fourth-order valence-corrected chi connectivity index (χ4v) is 5.26. The molecule has 7 rings (SSSR count). The highest BCUT2D eigenvalue weighted by Gasteiger charge is 2.49. The predicted molar refractivity (Wildman–Crippen MR) is 139 cm³/mol. The summed E-state index contributed by atoms with van der Waals surface area (Å²) in [5, 5.41) is 9.17. The number of rotatable bonds is 7. The number of nitrogens with one attached hydrogen (secondary N) is 1. The van der Waals surface area contributed by atoms with Gasteiger partial charge in [-0.05, 0) is 61.6 Å². The summed E-state index contributed by atoms with van der Waals surface area (Å²) in [6.45, 7) is 0.539. The maximum absolute atomic E-state index is 12.7. The molecule has 2 aromatic carbocycles. The lowest BCUT2D eigenvalue weighted by Crippen LogP contribution is -2.40. The fourth-order valence-electron chi connectivity index (χ4n) is 5.26. The van der Waals surface area contributed by atoms with Crippen molar-refractivity contribution in [2.45, 2.75) is 36.6 Å². The van der Waals surface area contributed by atoms with Crippen molar-refractivity contribution < 1.29 is 9.53 Å². The van der Waals surface area contributed by atoms with Gasteiger partial charge >= 0.3 is 0 Å². The number of hydrogen-bond acceptors (Lipinski definition) is 6. The van der Waals surface area contributed by atoms with E-state index in [4.69, 9.17) is 9.84 Å². The Morgan fingerprint density at radius 1 is 1.00 bits per heavy atom. The van der Waals surface area contributed by atoms with E-state index >= 15 is 0 Å². The van der Waals surface area contributed by atoms with E-state index in [1.165, 1.54) is 5.56 Å². The number of nitrogens with zero attached hydrogens (tertiary/aromatic N) is 5. The number of methoxy groups -OCH3 is 1. The zero-order valence-corrected chi connectivity index (χ0v) is 20.5. The Kier molecular flexibility index (Phi) is 4.87. The highest BCUT2D eigenvalue weighted by molar-refractivity contribution is 5.95. The Labute approximate surface area is 213 Å². The third-order valence-corrected chi connectivity index (χ3v) is 7.72. The number of amides is 1. The highest BCUT2D eigenvalue weighted by Crippen LogP contribution is 2.53. The first-order valence-corrected chi connectivity index (χ1v) is 12.6. The quantitative estimate of drug-likeness (QED) is 0.365. The normalized spacial score (nSPS) is 17.1. The Hall–Kier alpha value is -4.17. The molecule has 1 amide bonds. The largest absolute Gasteiger partial charge is 0.382 e. The summed E-state index contributed by atoms with van der Waals surface area (Å²) in [5.41, 5.74) is 5.19. The molecule has 2 aliphatic rings. The van der Waals surface area contributed by atoms with Crippen molar-refractivity contribution in [1.29, 1.82) is 0 Å². The standard InChI is InChI=1S/C29H26N6O2/c1-37-18-28(10-11-28)33-26(36)20-6-4-19(5-7-20)24-16-31-27-32-17-25(35(27)34-24)29(12-13-29)22-8-9-23-21(15-22)3-2-14-30-23/h2-9,14-17H,10-13,18H2,1H3,(H,33,36). The maximum Gasteiger partial charge on any atom is 0.251 e. The number of carbonyl (C=O) groups is 1. The van der Waals surface area contributed by atoms with E-state index in [0.29, 0.717) is 17.9 Å². The summed E-state index contributed by atoms with van der Waals surface area (Å²) in [4.78, 5) is 26.3. The zero-order valence-electron chi connectivity index (χ0n) is 20.5. The second-order valence-electron chi connectivity index (χ2n) is 10.2. The summed E-state index contributed by atoms with van der Waals surface area (Å²) in [6.07, 6.45) is 9.43. The molecule has 8 heteroatoms. The van der Waals surface area contributed by atoms with Gasteiger partial charge in [0.1, 0.15) is 5.69 Å². The average Bonchev–Trinajstić information content (AvgIpc) is 3.86. The molecule has 2 fully saturated rings. The van der Waals surface area contributed by atoms with Gasteiger partial charge in [0.15, 0.2) is 0 Å². The van der Waals surface area contributed by atoms with Crippen LogP contribution >= 0.6 is 0 Å². The van der Waals surface area contributed by atoms with Gasteiger partial charge in [-0.15, -0.1) is 0 Å². The van der Waals surface area contributed by atoms with Gasteiger partial charge in [0.25, 0.3) is 11.7 Å². The number of fused-ring (bicyclic) bond motifs is 2. The summed E-state index contributed by atoms with van der Waals surface area (Å²) in [5.74, 6) is 0.497. The SMILES string of the molecule is COCC1(NC(=O)c2ccc(-c3cnc4ncc(C5(c6ccc7ncccc7c6)CC5)n4n3)cc2)CC1. The third kappa shape index (κ3) is 3.76. The second-order valence-corrected chi connectivity index (χ2v) is 10.2. The van der Waals surface area contributed by atoms with E-state index in [1.54, 1.807) is 13.3 Å². The molecule has 0 saturated heterocycles. The summed E-state index contributed by atoms with van der Waals surface area (Å²) < 4.78 is 7.13. The molecule has 8 nitrogen and oxygen atoms in total. The molecular weight excluding hydrogens is 464 g/mol. The number of aromatic nitrogens is 5. The molecule has 2 saturated carbocycles. The molecule has 0 bridgehead atoms. The van der Waals surface area contributed by atoms with Crippen molar-refractivity contribution in [3.05, 3.63) is 90.0 Å². The summed E-state index contributed by atoms with van der Waals surface area (Å²) >= 11 is 0. The second kappa shape index (κ2) is 8.18. The Balaban J connectivity index is 1.19. The number of benzene rings is 2. The Bertz CT molecular complexity index is 1650. The first kappa shape index (κ1) is 22.1. The van der Waals surface area contributed by atoms with Crippen LogP contribution in [0.3, 0.4) is 0 Å². The molecule has 3 heterocycles. The zero-order chi connectivity index (χ0) is 25.0. The molecule has 0 unspecified atom stereocenters. The minimum Gasteiger partial charge on any atom is -0.382 e. The van der Waals surface area contributed by atoms with Gasteiger partial charge in [-0.2, -0.15) is 9.61 Å². The van der Waals surface area contributed by atoms with Crippen LogP contribution in [0.1, 0.15) is 47.3 Å². The third-order valence-electron chi connectivity index (χ3n) is 7.72. The van der Waals surface area contributed by atoms with Crippen LogP contribution in [0, 0.1) is 0 Å². The maximum atomic E-state index is 12.7. The number of imidazole rings is 1. The average molecular weight is 491 g/mol. The van der Waals surface area contributed by atoms with Crippen molar-refractivity contribution in [2.75, 3.05) is 13.7 Å². The molecule has 2 aliphatic carbocycles. The van der Waals surface area contributed by atoms with Crippen molar-refractivity contribution in [1.82, 2.24) is 29.9 Å². The van der Waals surface area contributed by atoms with Crippen molar-refractivity contribution in [3.63, 3.8) is 0 Å². The van der Waals surface area contributed by atoms with Crippen LogP contribution in [0.15, 0.2) is 73.2 Å². The molecule has 0 aliphatic heterocycles. The molecule has 5 aromatic rings. The first-order valence-electron chi connectivity index (χ1n) is 12.6. The monoisotopic (exact) mass is 490 g/mol. The molecule has 37 heavy (non-hydrogen) atoms. The topological polar surface area (TPSA) is 94.3 Å². The van der Waals surface area contributed by atoms with Gasteiger partial charge in [0.05, 0.1) is 35.8 Å². The van der Waals surface area contributed by atoms with Gasteiger partial charge in [0.2, 0.25) is 0 Å². The smallest absolute Gasteiger partial charge is 0.251 e. The first-order chi connectivity index (χ1) is 18.1. The number of carbonyl (C=O) groups excluding carboxylic acids is 1. The van der Waals surface area contributed by atoms with Crippen LogP contribution in [0.2, 0.25) is 0 Å². The number of pyridine rings is 1. The van der Waals surface area contributed by atoms with Crippen molar-refractivity contribution in [3.8, 4) is 11.3 Å². The fraction of sp³-hybridized carbons (Fsp3) is 0.276. The van der Waals surface area contributed by atoms with Gasteiger partial charge < -0.3 is 10.1 Å². The molecule has 0 radical (unpaired) electrons. The van der Waals surface area contributed by atoms with Gasteiger partial charge in [-0.3, -0.25) is 9.78 Å². The molecular formula is C29H26N6O2. The van der Waals surface area contributed by atoms with Gasteiger partial charge in [-0.1, -0.05) is 24.3 Å². The lowest BCUT2D eigenvalue weighted by molar-refractivity contribution is 0.0882. The van der Waals surface area contributed by atoms with Crippen LogP contribution in [0.4, 0.5) is 0 Å². The van der Waals surface area contributed by atoms with E-state index < -0.39 is 0 Å². The van der Waals surface area contributed by atoms with E-state index in [9.17, 15) is 4.79 Å². The van der Waals surface area contributed by atoms with Crippen molar-refractivity contribution in [2.24, 2.45) is 0 Å². The molecule has 0 atom stereocenters. The summed E-state index contributed by atoms with van der Waals surface area (Å²) in [6, 6.07) is 18.1. The molecule has 3 aromatic heterocycles. The molecule has 1 N–H and O–H groups in total. The van der Waals surface area contributed by atoms with Crippen molar-refractivity contribution >= 4 is 22.6 Å². The Morgan fingerprint density at radius 2 is 1.81 bits per heavy atom. The lowest BCUT2D eigenvalue weighted by atomic mass is 9.91.